The normalized spacial score (nSPS) is 12.6. The highest BCUT2D eigenvalue weighted by Gasteiger charge is 2.19. The fourth-order valence-electron chi connectivity index (χ4n) is 2.61. The molecule has 0 aliphatic heterocycles. The van der Waals surface area contributed by atoms with Crippen LogP contribution in [-0.4, -0.2) is 54.6 Å². The first kappa shape index (κ1) is 17.7. The number of anilines is 2. The molecule has 0 aliphatic rings. The van der Waals surface area contributed by atoms with Gasteiger partial charge < -0.3 is 15.1 Å². The Balaban J connectivity index is 3.10. The van der Waals surface area contributed by atoms with Crippen LogP contribution in [0.4, 0.5) is 11.6 Å². The molecule has 0 aliphatic carbocycles. The summed E-state index contributed by atoms with van der Waals surface area (Å²) in [6.07, 6.45) is 1.09. The van der Waals surface area contributed by atoms with Crippen LogP contribution in [0.15, 0.2) is 0 Å². The lowest BCUT2D eigenvalue weighted by Crippen LogP contribution is -2.41. The number of nitrogens with one attached hydrogen (secondary N) is 1. The smallest absolute Gasteiger partial charge is 0.137 e. The Morgan fingerprint density at radius 2 is 1.81 bits per heavy atom. The van der Waals surface area contributed by atoms with Crippen molar-refractivity contribution in [3.8, 4) is 0 Å². The third-order valence-electron chi connectivity index (χ3n) is 3.55. The van der Waals surface area contributed by atoms with Crippen molar-refractivity contribution in [3.63, 3.8) is 0 Å². The van der Waals surface area contributed by atoms with Gasteiger partial charge in [0, 0.05) is 31.2 Å². The van der Waals surface area contributed by atoms with Gasteiger partial charge >= 0.3 is 0 Å². The number of aromatic nitrogens is 2. The van der Waals surface area contributed by atoms with Crippen LogP contribution >= 0.6 is 0 Å². The first-order chi connectivity index (χ1) is 9.90. The van der Waals surface area contributed by atoms with E-state index in [0.717, 1.165) is 49.1 Å². The number of likely N-dealkylation sites (N-methyl/N-ethyl adjacent to an activating group) is 2. The standard InChI is InChI=1S/C16H31N5/c1-8-10-17-15-13(4)16(19-14(5)18-15)21(9-2)12(3)11-20(6)7/h12H,8-11H2,1-7H3,(H,17,18,19). The van der Waals surface area contributed by atoms with Crippen molar-refractivity contribution in [3.05, 3.63) is 11.4 Å². The Morgan fingerprint density at radius 3 is 2.33 bits per heavy atom. The zero-order chi connectivity index (χ0) is 16.0. The maximum absolute atomic E-state index is 4.70. The summed E-state index contributed by atoms with van der Waals surface area (Å²) < 4.78 is 0. The van der Waals surface area contributed by atoms with Crippen molar-refractivity contribution in [2.75, 3.05) is 43.9 Å². The molecular formula is C16H31N5. The van der Waals surface area contributed by atoms with Crippen molar-refractivity contribution in [1.82, 2.24) is 14.9 Å². The quantitative estimate of drug-likeness (QED) is 0.798. The number of hydrogen-bond acceptors (Lipinski definition) is 5. The molecule has 0 aromatic carbocycles. The lowest BCUT2D eigenvalue weighted by molar-refractivity contribution is 0.372. The predicted molar refractivity (Wildman–Crippen MR) is 91.3 cm³/mol. The summed E-state index contributed by atoms with van der Waals surface area (Å²) in [6, 6.07) is 0.414. The average molecular weight is 293 g/mol. The van der Waals surface area contributed by atoms with Crippen LogP contribution in [0.5, 0.6) is 0 Å². The molecule has 5 heteroatoms. The molecule has 21 heavy (non-hydrogen) atoms. The zero-order valence-corrected chi connectivity index (χ0v) is 14.7. The van der Waals surface area contributed by atoms with Crippen LogP contribution in [0.3, 0.4) is 0 Å². The molecule has 120 valence electrons. The minimum atomic E-state index is 0.414. The largest absolute Gasteiger partial charge is 0.370 e. The van der Waals surface area contributed by atoms with Crippen LogP contribution in [0.25, 0.3) is 0 Å². The topological polar surface area (TPSA) is 44.3 Å². The molecule has 5 nitrogen and oxygen atoms in total. The first-order valence-corrected chi connectivity index (χ1v) is 7.91. The highest BCUT2D eigenvalue weighted by Crippen LogP contribution is 2.25. The van der Waals surface area contributed by atoms with Crippen LogP contribution in [0, 0.1) is 13.8 Å². The van der Waals surface area contributed by atoms with E-state index in [1.807, 2.05) is 6.92 Å². The van der Waals surface area contributed by atoms with Crippen LogP contribution in [0.2, 0.25) is 0 Å². The molecule has 0 bridgehead atoms. The highest BCUT2D eigenvalue weighted by atomic mass is 15.3. The summed E-state index contributed by atoms with van der Waals surface area (Å²) in [5, 5.41) is 3.41. The van der Waals surface area contributed by atoms with E-state index in [1.165, 1.54) is 0 Å². The van der Waals surface area contributed by atoms with Crippen molar-refractivity contribution in [2.45, 2.75) is 47.1 Å². The van der Waals surface area contributed by atoms with Gasteiger partial charge in [0.05, 0.1) is 0 Å². The van der Waals surface area contributed by atoms with Gasteiger partial charge in [0.2, 0.25) is 0 Å². The summed E-state index contributed by atoms with van der Waals surface area (Å²) >= 11 is 0. The van der Waals surface area contributed by atoms with E-state index in [0.29, 0.717) is 6.04 Å². The number of rotatable bonds is 8. The van der Waals surface area contributed by atoms with Crippen molar-refractivity contribution in [2.24, 2.45) is 0 Å². The lowest BCUT2D eigenvalue weighted by Gasteiger charge is -2.32. The van der Waals surface area contributed by atoms with E-state index in [1.54, 1.807) is 0 Å². The van der Waals surface area contributed by atoms with Gasteiger partial charge in [-0.2, -0.15) is 0 Å². The lowest BCUT2D eigenvalue weighted by atomic mass is 10.2. The van der Waals surface area contributed by atoms with E-state index in [4.69, 9.17) is 4.98 Å². The van der Waals surface area contributed by atoms with Gasteiger partial charge in [-0.1, -0.05) is 6.92 Å². The molecule has 1 rings (SSSR count). The fraction of sp³-hybridized carbons (Fsp3) is 0.750. The van der Waals surface area contributed by atoms with E-state index >= 15 is 0 Å². The van der Waals surface area contributed by atoms with Crippen LogP contribution in [-0.2, 0) is 0 Å². The Morgan fingerprint density at radius 1 is 1.14 bits per heavy atom. The zero-order valence-electron chi connectivity index (χ0n) is 14.7. The van der Waals surface area contributed by atoms with Crippen LogP contribution < -0.4 is 10.2 Å². The minimum absolute atomic E-state index is 0.414. The molecule has 0 fully saturated rings. The Bertz CT molecular complexity index is 445. The Labute approximate surface area is 129 Å². The van der Waals surface area contributed by atoms with Gasteiger partial charge in [0.15, 0.2) is 0 Å². The van der Waals surface area contributed by atoms with E-state index in [9.17, 15) is 0 Å². The molecule has 1 aromatic heterocycles. The van der Waals surface area contributed by atoms with E-state index in [-0.39, 0.29) is 0 Å². The van der Waals surface area contributed by atoms with E-state index < -0.39 is 0 Å². The highest BCUT2D eigenvalue weighted by molar-refractivity contribution is 5.59. The molecule has 1 heterocycles. The molecular weight excluding hydrogens is 262 g/mol. The van der Waals surface area contributed by atoms with Crippen LogP contribution in [0.1, 0.15) is 38.6 Å². The third kappa shape index (κ3) is 4.84. The monoisotopic (exact) mass is 293 g/mol. The maximum atomic E-state index is 4.70. The summed E-state index contributed by atoms with van der Waals surface area (Å²) in [4.78, 5) is 13.8. The number of nitrogens with zero attached hydrogens (tertiary/aromatic N) is 4. The molecule has 1 unspecified atom stereocenters. The average Bonchev–Trinajstić information content (AvgIpc) is 2.40. The summed E-state index contributed by atoms with van der Waals surface area (Å²) in [7, 11) is 4.22. The number of hydrogen-bond donors (Lipinski definition) is 1. The van der Waals surface area contributed by atoms with E-state index in [2.05, 4.69) is 61.9 Å². The second-order valence-electron chi connectivity index (χ2n) is 5.89. The number of aryl methyl sites for hydroxylation is 1. The third-order valence-corrected chi connectivity index (χ3v) is 3.55. The van der Waals surface area contributed by atoms with Gasteiger partial charge in [0.25, 0.3) is 0 Å². The molecule has 0 radical (unpaired) electrons. The SMILES string of the molecule is CCCNc1nc(C)nc(N(CC)C(C)CN(C)C)c1C. The van der Waals surface area contributed by atoms with Crippen molar-refractivity contribution >= 4 is 11.6 Å². The van der Waals surface area contributed by atoms with Crippen molar-refractivity contribution < 1.29 is 0 Å². The molecule has 1 N–H and O–H groups in total. The summed E-state index contributed by atoms with van der Waals surface area (Å²) in [6.45, 7) is 13.6. The van der Waals surface area contributed by atoms with Crippen molar-refractivity contribution in [1.29, 1.82) is 0 Å². The van der Waals surface area contributed by atoms with Gasteiger partial charge in [-0.3, -0.25) is 0 Å². The van der Waals surface area contributed by atoms with Gasteiger partial charge in [-0.25, -0.2) is 9.97 Å². The Hall–Kier alpha value is -1.36. The second kappa shape index (κ2) is 8.17. The molecule has 0 saturated carbocycles. The molecule has 1 atom stereocenters. The Kier molecular flexibility index (Phi) is 6.89. The summed E-state index contributed by atoms with van der Waals surface area (Å²) in [5.74, 6) is 2.84. The molecule has 0 amide bonds. The minimum Gasteiger partial charge on any atom is -0.370 e. The van der Waals surface area contributed by atoms with Gasteiger partial charge in [0.1, 0.15) is 17.5 Å². The molecule has 0 saturated heterocycles. The fourth-order valence-corrected chi connectivity index (χ4v) is 2.61. The van der Waals surface area contributed by atoms with Gasteiger partial charge in [-0.05, 0) is 48.2 Å². The molecule has 0 spiro atoms. The summed E-state index contributed by atoms with van der Waals surface area (Å²) in [5.41, 5.74) is 1.14. The maximum Gasteiger partial charge on any atom is 0.137 e. The molecule has 1 aromatic rings. The van der Waals surface area contributed by atoms with Gasteiger partial charge in [-0.15, -0.1) is 0 Å². The first-order valence-electron chi connectivity index (χ1n) is 7.91. The second-order valence-corrected chi connectivity index (χ2v) is 5.89. The predicted octanol–water partition coefficient (Wildman–Crippen LogP) is 2.69.